The summed E-state index contributed by atoms with van der Waals surface area (Å²) in [5.41, 5.74) is 0.594. The highest BCUT2D eigenvalue weighted by molar-refractivity contribution is 5.86. The molecule has 2 aromatic heterocycles. The Balaban J connectivity index is 2.20. The van der Waals surface area contributed by atoms with Crippen molar-refractivity contribution in [2.45, 2.75) is 6.54 Å². The Morgan fingerprint density at radius 1 is 1.30 bits per heavy atom. The third kappa shape index (κ3) is 2.49. The maximum Gasteiger partial charge on any atom is 0.273 e. The SMILES string of the molecule is COc1ccc(Cn2c(=O)c(C#N)c(O)c3cnccc32)cc1. The lowest BCUT2D eigenvalue weighted by atomic mass is 10.1. The Morgan fingerprint density at radius 3 is 2.70 bits per heavy atom. The van der Waals surface area contributed by atoms with Crippen molar-refractivity contribution in [1.29, 1.82) is 5.26 Å². The summed E-state index contributed by atoms with van der Waals surface area (Å²) in [7, 11) is 1.58. The van der Waals surface area contributed by atoms with E-state index in [0.29, 0.717) is 10.9 Å². The molecule has 0 unspecified atom stereocenters. The molecule has 0 radical (unpaired) electrons. The molecule has 0 spiro atoms. The summed E-state index contributed by atoms with van der Waals surface area (Å²) >= 11 is 0. The van der Waals surface area contributed by atoms with E-state index in [-0.39, 0.29) is 17.9 Å². The first-order valence-corrected chi connectivity index (χ1v) is 6.88. The van der Waals surface area contributed by atoms with Gasteiger partial charge < -0.3 is 14.4 Å². The first-order valence-electron chi connectivity index (χ1n) is 6.88. The first kappa shape index (κ1) is 14.6. The number of ether oxygens (including phenoxy) is 1. The Bertz CT molecular complexity index is 969. The van der Waals surface area contributed by atoms with Crippen LogP contribution in [0.4, 0.5) is 0 Å². The fourth-order valence-corrected chi connectivity index (χ4v) is 2.46. The van der Waals surface area contributed by atoms with Gasteiger partial charge in [-0.1, -0.05) is 12.1 Å². The molecule has 0 amide bonds. The van der Waals surface area contributed by atoms with E-state index in [1.165, 1.54) is 17.0 Å². The Hall–Kier alpha value is -3.33. The largest absolute Gasteiger partial charge is 0.506 e. The van der Waals surface area contributed by atoms with Crippen LogP contribution in [-0.2, 0) is 6.54 Å². The number of nitriles is 1. The monoisotopic (exact) mass is 307 g/mol. The third-order valence-corrected chi connectivity index (χ3v) is 3.65. The van der Waals surface area contributed by atoms with Gasteiger partial charge in [0.05, 0.1) is 24.6 Å². The fourth-order valence-electron chi connectivity index (χ4n) is 2.46. The molecule has 0 saturated heterocycles. The van der Waals surface area contributed by atoms with Crippen LogP contribution in [0.3, 0.4) is 0 Å². The number of rotatable bonds is 3. The number of nitrogens with zero attached hydrogens (tertiary/aromatic N) is 3. The number of methoxy groups -OCH3 is 1. The van der Waals surface area contributed by atoms with E-state index in [9.17, 15) is 9.90 Å². The van der Waals surface area contributed by atoms with Gasteiger partial charge in [0.2, 0.25) is 0 Å². The summed E-state index contributed by atoms with van der Waals surface area (Å²) in [5.74, 6) is 0.394. The van der Waals surface area contributed by atoms with Gasteiger partial charge >= 0.3 is 0 Å². The Morgan fingerprint density at radius 2 is 2.04 bits per heavy atom. The van der Waals surface area contributed by atoms with Crippen LogP contribution in [0.15, 0.2) is 47.5 Å². The van der Waals surface area contributed by atoms with E-state index in [1.54, 1.807) is 31.4 Å². The molecule has 0 fully saturated rings. The molecule has 0 aliphatic heterocycles. The van der Waals surface area contributed by atoms with Gasteiger partial charge in [0.25, 0.3) is 5.56 Å². The van der Waals surface area contributed by atoms with Gasteiger partial charge in [-0.2, -0.15) is 5.26 Å². The second kappa shape index (κ2) is 5.81. The topological polar surface area (TPSA) is 88.1 Å². The summed E-state index contributed by atoms with van der Waals surface area (Å²) in [6, 6.07) is 10.7. The molecule has 0 saturated carbocycles. The van der Waals surface area contributed by atoms with Crippen molar-refractivity contribution in [3.05, 3.63) is 64.2 Å². The van der Waals surface area contributed by atoms with Gasteiger partial charge in [0.15, 0.2) is 5.56 Å². The summed E-state index contributed by atoms with van der Waals surface area (Å²) in [6.45, 7) is 0.276. The average Bonchev–Trinajstić information content (AvgIpc) is 2.59. The lowest BCUT2D eigenvalue weighted by Gasteiger charge is -2.12. The molecule has 0 atom stereocenters. The third-order valence-electron chi connectivity index (χ3n) is 3.65. The fraction of sp³-hybridized carbons (Fsp3) is 0.118. The van der Waals surface area contributed by atoms with Crippen molar-refractivity contribution >= 4 is 10.9 Å². The molecule has 23 heavy (non-hydrogen) atoms. The van der Waals surface area contributed by atoms with Crippen LogP contribution in [0.5, 0.6) is 11.5 Å². The quantitative estimate of drug-likeness (QED) is 0.800. The van der Waals surface area contributed by atoms with E-state index in [0.717, 1.165) is 11.3 Å². The summed E-state index contributed by atoms with van der Waals surface area (Å²) in [4.78, 5) is 16.4. The zero-order valence-electron chi connectivity index (χ0n) is 12.4. The molecule has 6 nitrogen and oxygen atoms in total. The van der Waals surface area contributed by atoms with Gasteiger partial charge in [0.1, 0.15) is 17.6 Å². The number of pyridine rings is 2. The molecule has 0 aliphatic rings. The highest BCUT2D eigenvalue weighted by Crippen LogP contribution is 2.25. The molecule has 0 aliphatic carbocycles. The van der Waals surface area contributed by atoms with Crippen molar-refractivity contribution in [1.82, 2.24) is 9.55 Å². The van der Waals surface area contributed by atoms with Crippen molar-refractivity contribution in [3.63, 3.8) is 0 Å². The van der Waals surface area contributed by atoms with Crippen LogP contribution in [-0.4, -0.2) is 21.8 Å². The predicted molar refractivity (Wildman–Crippen MR) is 84.5 cm³/mol. The highest BCUT2D eigenvalue weighted by atomic mass is 16.5. The van der Waals surface area contributed by atoms with Crippen LogP contribution in [0.2, 0.25) is 0 Å². The number of hydrogen-bond acceptors (Lipinski definition) is 5. The number of benzene rings is 1. The smallest absolute Gasteiger partial charge is 0.273 e. The summed E-state index contributed by atoms with van der Waals surface area (Å²) in [6.07, 6.45) is 2.98. The number of fused-ring (bicyclic) bond motifs is 1. The number of hydrogen-bond donors (Lipinski definition) is 1. The van der Waals surface area contributed by atoms with Crippen LogP contribution in [0.25, 0.3) is 10.9 Å². The highest BCUT2D eigenvalue weighted by Gasteiger charge is 2.16. The minimum Gasteiger partial charge on any atom is -0.506 e. The molecule has 2 heterocycles. The van der Waals surface area contributed by atoms with E-state index >= 15 is 0 Å². The van der Waals surface area contributed by atoms with Crippen molar-refractivity contribution in [3.8, 4) is 17.6 Å². The van der Waals surface area contributed by atoms with Crippen LogP contribution < -0.4 is 10.3 Å². The summed E-state index contributed by atoms with van der Waals surface area (Å²) in [5, 5.41) is 19.6. The molecule has 1 aromatic carbocycles. The maximum atomic E-state index is 12.5. The van der Waals surface area contributed by atoms with Gasteiger partial charge in [-0.15, -0.1) is 0 Å². The van der Waals surface area contributed by atoms with Gasteiger partial charge in [0, 0.05) is 12.4 Å². The second-order valence-corrected chi connectivity index (χ2v) is 4.97. The average molecular weight is 307 g/mol. The predicted octanol–water partition coefficient (Wildman–Crippen LogP) is 2.03. The minimum absolute atomic E-state index is 0.276. The second-order valence-electron chi connectivity index (χ2n) is 4.97. The van der Waals surface area contributed by atoms with Gasteiger partial charge in [-0.05, 0) is 23.8 Å². The normalized spacial score (nSPS) is 10.4. The van der Waals surface area contributed by atoms with E-state index in [4.69, 9.17) is 10.00 Å². The standard InChI is InChI=1S/C17H13N3O3/c1-23-12-4-2-11(3-5-12)10-20-15-6-7-19-9-14(15)16(21)13(8-18)17(20)22/h2-7,9,21H,10H2,1H3. The van der Waals surface area contributed by atoms with E-state index < -0.39 is 5.56 Å². The van der Waals surface area contributed by atoms with Gasteiger partial charge in [-0.3, -0.25) is 9.78 Å². The van der Waals surface area contributed by atoms with E-state index in [2.05, 4.69) is 4.98 Å². The van der Waals surface area contributed by atoms with Crippen molar-refractivity contribution < 1.29 is 9.84 Å². The molecule has 114 valence electrons. The summed E-state index contributed by atoms with van der Waals surface area (Å²) < 4.78 is 6.57. The zero-order valence-corrected chi connectivity index (χ0v) is 12.4. The number of aromatic hydroxyl groups is 1. The molecule has 1 N–H and O–H groups in total. The maximum absolute atomic E-state index is 12.5. The molecular formula is C17H13N3O3. The number of aromatic nitrogens is 2. The zero-order chi connectivity index (χ0) is 16.4. The van der Waals surface area contributed by atoms with Crippen LogP contribution in [0.1, 0.15) is 11.1 Å². The minimum atomic E-state index is -0.528. The molecule has 0 bridgehead atoms. The van der Waals surface area contributed by atoms with Crippen LogP contribution >= 0.6 is 0 Å². The van der Waals surface area contributed by atoms with Crippen LogP contribution in [0, 0.1) is 11.3 Å². The molecule has 6 heteroatoms. The molecule has 3 rings (SSSR count). The first-order chi connectivity index (χ1) is 11.2. The molecule has 3 aromatic rings. The Labute approximate surface area is 131 Å². The van der Waals surface area contributed by atoms with Crippen molar-refractivity contribution in [2.24, 2.45) is 0 Å². The lowest BCUT2D eigenvalue weighted by Crippen LogP contribution is -2.23. The Kier molecular flexibility index (Phi) is 3.69. The lowest BCUT2D eigenvalue weighted by molar-refractivity contribution is 0.414. The van der Waals surface area contributed by atoms with E-state index in [1.807, 2.05) is 12.1 Å². The molecular weight excluding hydrogens is 294 g/mol. The van der Waals surface area contributed by atoms with Gasteiger partial charge in [-0.25, -0.2) is 0 Å². The van der Waals surface area contributed by atoms with Crippen molar-refractivity contribution in [2.75, 3.05) is 7.11 Å².